The summed E-state index contributed by atoms with van der Waals surface area (Å²) in [7, 11) is 0. The van der Waals surface area contributed by atoms with Crippen molar-refractivity contribution in [1.82, 2.24) is 9.55 Å². The molecule has 0 bridgehead atoms. The van der Waals surface area contributed by atoms with Crippen LogP contribution >= 0.6 is 0 Å². The zero-order valence-electron chi connectivity index (χ0n) is 10.8. The number of nitrogen functional groups attached to an aromatic ring is 1. The van der Waals surface area contributed by atoms with Crippen molar-refractivity contribution in [3.8, 4) is 6.07 Å². The molecule has 2 N–H and O–H groups in total. The lowest BCUT2D eigenvalue weighted by Gasteiger charge is -2.21. The molecule has 1 aromatic heterocycles. The molecule has 0 amide bonds. The van der Waals surface area contributed by atoms with Crippen LogP contribution in [0.2, 0.25) is 0 Å². The maximum atomic E-state index is 9.12. The number of rotatable bonds is 2. The molecule has 1 fully saturated rings. The first-order valence-electron chi connectivity index (χ1n) is 6.50. The number of benzene rings is 1. The normalized spacial score (nSPS) is 20.5. The number of nitrogens with zero attached hydrogens (tertiary/aromatic N) is 3. The second kappa shape index (κ2) is 4.56. The zero-order chi connectivity index (χ0) is 13.4. The second-order valence-corrected chi connectivity index (χ2v) is 4.92. The van der Waals surface area contributed by atoms with Crippen LogP contribution in [0.4, 0.5) is 5.95 Å². The number of para-hydroxylation sites is 1. The Balaban J connectivity index is 2.13. The van der Waals surface area contributed by atoms with Crippen molar-refractivity contribution in [3.05, 3.63) is 23.8 Å². The lowest BCUT2D eigenvalue weighted by molar-refractivity contribution is 0.0751. The first-order chi connectivity index (χ1) is 9.22. The summed E-state index contributed by atoms with van der Waals surface area (Å²) in [4.78, 5) is 4.34. The van der Waals surface area contributed by atoms with Crippen LogP contribution in [0.5, 0.6) is 0 Å². The number of ether oxygens (including phenoxy) is 1. The zero-order valence-corrected chi connectivity index (χ0v) is 10.8. The molecular weight excluding hydrogens is 240 g/mol. The van der Waals surface area contributed by atoms with Crippen molar-refractivity contribution in [2.45, 2.75) is 31.9 Å². The minimum atomic E-state index is 0.126. The Hall–Kier alpha value is -2.06. The average molecular weight is 256 g/mol. The lowest BCUT2D eigenvalue weighted by Crippen LogP contribution is -2.22. The molecule has 2 aromatic rings. The summed E-state index contributed by atoms with van der Waals surface area (Å²) in [5, 5.41) is 9.12. The Morgan fingerprint density at radius 3 is 3.11 bits per heavy atom. The number of hydrogen-bond donors (Lipinski definition) is 1. The molecule has 2 atom stereocenters. The summed E-state index contributed by atoms with van der Waals surface area (Å²) in [5.74, 6) is 0.445. The predicted molar refractivity (Wildman–Crippen MR) is 72.5 cm³/mol. The number of anilines is 1. The summed E-state index contributed by atoms with van der Waals surface area (Å²) in [6, 6.07) is 7.85. The Labute approximate surface area is 111 Å². The van der Waals surface area contributed by atoms with E-state index in [2.05, 4.69) is 18.0 Å². The Bertz CT molecular complexity index is 649. The summed E-state index contributed by atoms with van der Waals surface area (Å²) in [5.41, 5.74) is 8.17. The summed E-state index contributed by atoms with van der Waals surface area (Å²) >= 11 is 0. The van der Waals surface area contributed by atoms with Crippen molar-refractivity contribution in [1.29, 1.82) is 5.26 Å². The molecule has 19 heavy (non-hydrogen) atoms. The largest absolute Gasteiger partial charge is 0.376 e. The van der Waals surface area contributed by atoms with Gasteiger partial charge in [0.1, 0.15) is 11.6 Å². The maximum absolute atomic E-state index is 9.12. The molecule has 1 aliphatic heterocycles. The maximum Gasteiger partial charge on any atom is 0.201 e. The fourth-order valence-corrected chi connectivity index (χ4v) is 2.80. The molecule has 5 heteroatoms. The molecule has 0 spiro atoms. The molecule has 0 radical (unpaired) electrons. The van der Waals surface area contributed by atoms with Gasteiger partial charge >= 0.3 is 0 Å². The van der Waals surface area contributed by atoms with Crippen LogP contribution in [-0.4, -0.2) is 22.3 Å². The number of imidazole rings is 1. The van der Waals surface area contributed by atoms with E-state index >= 15 is 0 Å². The number of nitriles is 1. The topological polar surface area (TPSA) is 76.9 Å². The van der Waals surface area contributed by atoms with Crippen LogP contribution in [0.25, 0.3) is 11.0 Å². The van der Waals surface area contributed by atoms with E-state index in [0.717, 1.165) is 25.0 Å². The van der Waals surface area contributed by atoms with Crippen molar-refractivity contribution in [2.75, 3.05) is 12.3 Å². The third kappa shape index (κ3) is 1.85. The number of nitrogens with two attached hydrogens (primary N) is 1. The average Bonchev–Trinajstić information content (AvgIpc) is 3.04. The van der Waals surface area contributed by atoms with E-state index < -0.39 is 0 Å². The van der Waals surface area contributed by atoms with Gasteiger partial charge in [0.25, 0.3) is 0 Å². The summed E-state index contributed by atoms with van der Waals surface area (Å²) in [6.45, 7) is 2.90. The highest BCUT2D eigenvalue weighted by atomic mass is 16.5. The molecule has 98 valence electrons. The number of aromatic nitrogens is 2. The quantitative estimate of drug-likeness (QED) is 0.893. The Morgan fingerprint density at radius 2 is 2.42 bits per heavy atom. The summed E-state index contributed by atoms with van der Waals surface area (Å²) < 4.78 is 7.71. The van der Waals surface area contributed by atoms with E-state index in [0.29, 0.717) is 17.0 Å². The molecule has 5 nitrogen and oxygen atoms in total. The molecule has 1 aromatic carbocycles. The Morgan fingerprint density at radius 1 is 1.58 bits per heavy atom. The van der Waals surface area contributed by atoms with Gasteiger partial charge in [-0.05, 0) is 31.9 Å². The van der Waals surface area contributed by atoms with Crippen LogP contribution < -0.4 is 5.73 Å². The molecule has 1 aliphatic rings. The first-order valence-corrected chi connectivity index (χ1v) is 6.50. The van der Waals surface area contributed by atoms with Crippen LogP contribution in [0, 0.1) is 11.3 Å². The van der Waals surface area contributed by atoms with E-state index in [-0.39, 0.29) is 12.1 Å². The van der Waals surface area contributed by atoms with Crippen molar-refractivity contribution in [2.24, 2.45) is 0 Å². The molecule has 0 saturated carbocycles. The molecular formula is C14H16N4O. The minimum absolute atomic E-state index is 0.126. The van der Waals surface area contributed by atoms with E-state index in [4.69, 9.17) is 15.7 Å². The van der Waals surface area contributed by atoms with Gasteiger partial charge in [-0.3, -0.25) is 0 Å². The second-order valence-electron chi connectivity index (χ2n) is 4.92. The van der Waals surface area contributed by atoms with Gasteiger partial charge in [0.05, 0.1) is 23.2 Å². The lowest BCUT2D eigenvalue weighted by atomic mass is 10.1. The smallest absolute Gasteiger partial charge is 0.201 e. The SMILES string of the molecule is CC(C1CCCO1)n1c(N)nc2c(C#N)cccc21. The molecule has 2 unspecified atom stereocenters. The molecule has 1 saturated heterocycles. The Kier molecular flexibility index (Phi) is 2.88. The highest BCUT2D eigenvalue weighted by molar-refractivity contribution is 5.84. The minimum Gasteiger partial charge on any atom is -0.376 e. The van der Waals surface area contributed by atoms with Crippen molar-refractivity contribution < 1.29 is 4.74 Å². The van der Waals surface area contributed by atoms with Gasteiger partial charge in [0, 0.05) is 6.61 Å². The third-order valence-corrected chi connectivity index (χ3v) is 3.78. The predicted octanol–water partition coefficient (Wildman–Crippen LogP) is 2.23. The van der Waals surface area contributed by atoms with E-state index in [1.54, 1.807) is 6.07 Å². The van der Waals surface area contributed by atoms with Gasteiger partial charge in [0.2, 0.25) is 5.95 Å². The monoisotopic (exact) mass is 256 g/mol. The van der Waals surface area contributed by atoms with Crippen LogP contribution in [0.1, 0.15) is 31.4 Å². The van der Waals surface area contributed by atoms with Crippen molar-refractivity contribution >= 4 is 17.0 Å². The van der Waals surface area contributed by atoms with Crippen molar-refractivity contribution in [3.63, 3.8) is 0 Å². The van der Waals surface area contributed by atoms with E-state index in [1.807, 2.05) is 16.7 Å². The fourth-order valence-electron chi connectivity index (χ4n) is 2.80. The van der Waals surface area contributed by atoms with Crippen LogP contribution in [-0.2, 0) is 4.74 Å². The van der Waals surface area contributed by atoms with Gasteiger partial charge in [-0.2, -0.15) is 5.26 Å². The van der Waals surface area contributed by atoms with Gasteiger partial charge in [-0.15, -0.1) is 0 Å². The summed E-state index contributed by atoms with van der Waals surface area (Å²) in [6.07, 6.45) is 2.30. The molecule has 2 heterocycles. The van der Waals surface area contributed by atoms with Gasteiger partial charge in [-0.1, -0.05) is 6.07 Å². The van der Waals surface area contributed by atoms with Crippen LogP contribution in [0.3, 0.4) is 0 Å². The first kappa shape index (κ1) is 12.0. The highest BCUT2D eigenvalue weighted by Crippen LogP contribution is 2.30. The van der Waals surface area contributed by atoms with Gasteiger partial charge < -0.3 is 15.0 Å². The van der Waals surface area contributed by atoms with E-state index in [9.17, 15) is 0 Å². The number of fused-ring (bicyclic) bond motifs is 1. The fraction of sp³-hybridized carbons (Fsp3) is 0.429. The van der Waals surface area contributed by atoms with Gasteiger partial charge in [0.15, 0.2) is 0 Å². The van der Waals surface area contributed by atoms with Gasteiger partial charge in [-0.25, -0.2) is 4.98 Å². The molecule has 3 rings (SSSR count). The standard InChI is InChI=1S/C14H16N4O/c1-9(12-6-3-7-19-12)18-11-5-2-4-10(8-15)13(11)17-14(18)16/h2,4-5,9,12H,3,6-7H2,1H3,(H2,16,17). The number of hydrogen-bond acceptors (Lipinski definition) is 4. The highest BCUT2D eigenvalue weighted by Gasteiger charge is 2.26. The molecule has 0 aliphatic carbocycles. The third-order valence-electron chi connectivity index (χ3n) is 3.78. The van der Waals surface area contributed by atoms with Crippen LogP contribution in [0.15, 0.2) is 18.2 Å². The van der Waals surface area contributed by atoms with E-state index in [1.165, 1.54) is 0 Å².